The van der Waals surface area contributed by atoms with Crippen LogP contribution in [0.5, 0.6) is 0 Å². The molecule has 1 amide bonds. The minimum absolute atomic E-state index is 0.00363. The predicted octanol–water partition coefficient (Wildman–Crippen LogP) is 6.12. The molecular weight excluding hydrogens is 517 g/mol. The van der Waals surface area contributed by atoms with E-state index in [2.05, 4.69) is 0 Å². The van der Waals surface area contributed by atoms with Gasteiger partial charge in [-0.25, -0.2) is 4.79 Å². The largest absolute Gasteiger partial charge is 0.480 e. The highest BCUT2D eigenvalue weighted by molar-refractivity contribution is 7.59. The number of carboxylic acid groups (broad SMARTS) is 1. The molecule has 1 aliphatic carbocycles. The number of benzene rings is 1. The van der Waals surface area contributed by atoms with Crippen LogP contribution in [0.3, 0.4) is 0 Å². The van der Waals surface area contributed by atoms with Crippen molar-refractivity contribution in [2.24, 2.45) is 17.8 Å². The molecule has 8 nitrogen and oxygen atoms in total. The Balaban J connectivity index is 1.87. The second-order valence-corrected chi connectivity index (χ2v) is 13.4. The van der Waals surface area contributed by atoms with Crippen LogP contribution in [-0.4, -0.2) is 59.1 Å². The van der Waals surface area contributed by atoms with Gasteiger partial charge in [-0.2, -0.15) is 0 Å². The molecule has 4 atom stereocenters. The second kappa shape index (κ2) is 15.0. The first kappa shape index (κ1) is 22.5. The molecular formula is C30H46NO7P. The van der Waals surface area contributed by atoms with Crippen molar-refractivity contribution in [2.45, 2.75) is 97.3 Å². The standard InChI is InChI=1S/C30H46NO7P/c1-4-28(33)37-30(22(2)3)38-39(36,18-12-11-15-23-13-7-5-8-14-23)21-27(32)31-20-25(19-26(31)29(34)35)24-16-9-6-10-17-24/h5,7-8,13-14,22,24-26,30H,4,6,9-12,15-21H2,1-3H3,(H,34,35)/t25-,26+,30+,39-/m1/s1/i5D,7D,8D,13D,14D,15D2. The zero-order chi connectivity index (χ0) is 34.6. The second-order valence-electron chi connectivity index (χ2n) is 10.8. The van der Waals surface area contributed by atoms with Gasteiger partial charge in [0.05, 0.1) is 6.85 Å². The van der Waals surface area contributed by atoms with Crippen molar-refractivity contribution in [3.05, 3.63) is 35.8 Å². The highest BCUT2D eigenvalue weighted by Crippen LogP contribution is 2.51. The fourth-order valence-corrected chi connectivity index (χ4v) is 7.58. The van der Waals surface area contributed by atoms with E-state index in [0.29, 0.717) is 12.3 Å². The van der Waals surface area contributed by atoms with E-state index >= 15 is 0 Å². The van der Waals surface area contributed by atoms with Crippen molar-refractivity contribution in [3.8, 4) is 0 Å². The summed E-state index contributed by atoms with van der Waals surface area (Å²) in [6.45, 7) is 5.14. The number of esters is 1. The molecule has 2 fully saturated rings. The van der Waals surface area contributed by atoms with E-state index in [4.69, 9.17) is 18.9 Å². The van der Waals surface area contributed by atoms with Crippen molar-refractivity contribution in [1.82, 2.24) is 4.90 Å². The predicted molar refractivity (Wildman–Crippen MR) is 151 cm³/mol. The summed E-state index contributed by atoms with van der Waals surface area (Å²) in [5, 5.41) is 9.97. The lowest BCUT2D eigenvalue weighted by Crippen LogP contribution is -2.42. The molecule has 3 rings (SSSR count). The van der Waals surface area contributed by atoms with Crippen LogP contribution in [0, 0.1) is 17.8 Å². The summed E-state index contributed by atoms with van der Waals surface area (Å²) in [5.74, 6) is -2.60. The summed E-state index contributed by atoms with van der Waals surface area (Å²) in [6.07, 6.45) is 0.140. The van der Waals surface area contributed by atoms with Crippen LogP contribution < -0.4 is 0 Å². The molecule has 1 saturated carbocycles. The monoisotopic (exact) mass is 570 g/mol. The first-order valence-corrected chi connectivity index (χ1v) is 16.0. The van der Waals surface area contributed by atoms with Gasteiger partial charge < -0.3 is 14.7 Å². The Morgan fingerprint density at radius 1 is 1.13 bits per heavy atom. The Hall–Kier alpha value is -2.18. The number of carbonyl (C=O) groups is 3. The number of ether oxygens (including phenoxy) is 1. The maximum Gasteiger partial charge on any atom is 0.326 e. The third-order valence-corrected chi connectivity index (χ3v) is 9.83. The highest BCUT2D eigenvalue weighted by atomic mass is 31.2. The summed E-state index contributed by atoms with van der Waals surface area (Å²) < 4.78 is 82.8. The van der Waals surface area contributed by atoms with Gasteiger partial charge in [-0.05, 0) is 43.0 Å². The van der Waals surface area contributed by atoms with Crippen molar-refractivity contribution < 1.29 is 42.9 Å². The maximum atomic E-state index is 14.4. The summed E-state index contributed by atoms with van der Waals surface area (Å²) in [4.78, 5) is 39.3. The Labute approximate surface area is 243 Å². The summed E-state index contributed by atoms with van der Waals surface area (Å²) >= 11 is 0. The molecule has 1 heterocycles. The summed E-state index contributed by atoms with van der Waals surface area (Å²) in [6, 6.07) is -4.45. The smallest absolute Gasteiger partial charge is 0.326 e. The van der Waals surface area contributed by atoms with Crippen LogP contribution in [0.25, 0.3) is 0 Å². The highest BCUT2D eigenvalue weighted by Gasteiger charge is 2.44. The van der Waals surface area contributed by atoms with Gasteiger partial charge in [-0.15, -0.1) is 0 Å². The third kappa shape index (κ3) is 9.46. The number of nitrogens with zero attached hydrogens (tertiary/aromatic N) is 1. The van der Waals surface area contributed by atoms with Crippen molar-refractivity contribution >= 4 is 25.2 Å². The first-order chi connectivity index (χ1) is 21.4. The van der Waals surface area contributed by atoms with Crippen LogP contribution in [0.1, 0.15) is 93.7 Å². The van der Waals surface area contributed by atoms with Gasteiger partial charge in [0.1, 0.15) is 12.2 Å². The molecule has 0 bridgehead atoms. The van der Waals surface area contributed by atoms with Crippen LogP contribution in [-0.2, 0) is 34.6 Å². The number of carboxylic acids is 1. The van der Waals surface area contributed by atoms with E-state index in [1.165, 1.54) is 4.90 Å². The minimum Gasteiger partial charge on any atom is -0.480 e. The number of rotatable bonds is 14. The lowest BCUT2D eigenvalue weighted by atomic mass is 9.79. The van der Waals surface area contributed by atoms with E-state index in [0.717, 1.165) is 32.1 Å². The third-order valence-electron chi connectivity index (χ3n) is 7.49. The fourth-order valence-electron chi connectivity index (χ4n) is 5.34. The molecule has 0 unspecified atom stereocenters. The summed E-state index contributed by atoms with van der Waals surface area (Å²) in [5.41, 5.74) is -0.530. The van der Waals surface area contributed by atoms with Crippen molar-refractivity contribution in [1.29, 1.82) is 0 Å². The molecule has 0 radical (unpaired) electrons. The Morgan fingerprint density at radius 3 is 2.44 bits per heavy atom. The number of likely N-dealkylation sites (tertiary alicyclic amines) is 1. The van der Waals surface area contributed by atoms with Crippen LogP contribution in [0.15, 0.2) is 30.2 Å². The number of carbonyl (C=O) groups excluding carboxylic acids is 2. The zero-order valence-corrected chi connectivity index (χ0v) is 24.1. The van der Waals surface area contributed by atoms with E-state index < -0.39 is 98.2 Å². The van der Waals surface area contributed by atoms with E-state index in [-0.39, 0.29) is 31.5 Å². The average Bonchev–Trinajstić information content (AvgIpc) is 3.45. The molecule has 39 heavy (non-hydrogen) atoms. The number of aliphatic carboxylic acids is 1. The van der Waals surface area contributed by atoms with Gasteiger partial charge in [-0.3, -0.25) is 18.7 Å². The van der Waals surface area contributed by atoms with Crippen LogP contribution >= 0.6 is 7.37 Å². The molecule has 218 valence electrons. The van der Waals surface area contributed by atoms with Crippen LogP contribution in [0.4, 0.5) is 0 Å². The molecule has 9 heteroatoms. The van der Waals surface area contributed by atoms with Gasteiger partial charge in [0.2, 0.25) is 19.6 Å². The van der Waals surface area contributed by atoms with Gasteiger partial charge in [0.25, 0.3) is 0 Å². The molecule has 1 N–H and O–H groups in total. The molecule has 1 aromatic carbocycles. The van der Waals surface area contributed by atoms with E-state index in [1.54, 1.807) is 20.8 Å². The molecule has 1 aromatic rings. The normalized spacial score (nSPS) is 25.3. The quantitative estimate of drug-likeness (QED) is 0.163. The number of hydrogen-bond acceptors (Lipinski definition) is 6. The van der Waals surface area contributed by atoms with Crippen LogP contribution in [0.2, 0.25) is 0 Å². The molecule has 0 aromatic heterocycles. The molecule has 0 spiro atoms. The van der Waals surface area contributed by atoms with Gasteiger partial charge >= 0.3 is 11.9 Å². The van der Waals surface area contributed by atoms with Gasteiger partial charge in [0.15, 0.2) is 0 Å². The van der Waals surface area contributed by atoms with Crippen molar-refractivity contribution in [2.75, 3.05) is 18.9 Å². The van der Waals surface area contributed by atoms with E-state index in [1.807, 2.05) is 0 Å². The van der Waals surface area contributed by atoms with Crippen molar-refractivity contribution in [3.63, 3.8) is 0 Å². The Morgan fingerprint density at radius 2 is 1.82 bits per heavy atom. The maximum absolute atomic E-state index is 14.4. The fraction of sp³-hybridized carbons (Fsp3) is 0.700. The Bertz CT molecular complexity index is 1310. The Kier molecular flexibility index (Phi) is 8.65. The van der Waals surface area contributed by atoms with Gasteiger partial charge in [0, 0.05) is 27.8 Å². The lowest BCUT2D eigenvalue weighted by molar-refractivity contribution is -0.169. The summed E-state index contributed by atoms with van der Waals surface area (Å²) in [7, 11) is -4.07. The number of hydrogen-bond donors (Lipinski definition) is 1. The molecule has 1 saturated heterocycles. The molecule has 1 aliphatic heterocycles. The number of amides is 1. The first-order valence-electron chi connectivity index (χ1n) is 17.5. The lowest BCUT2D eigenvalue weighted by Gasteiger charge is -2.30. The minimum atomic E-state index is -4.07. The zero-order valence-electron chi connectivity index (χ0n) is 30.2. The van der Waals surface area contributed by atoms with E-state index in [9.17, 15) is 24.1 Å². The van der Waals surface area contributed by atoms with Gasteiger partial charge in [-0.1, -0.05) is 83.1 Å². The SMILES string of the molecule is [2H]c1c([2H])c([2H])c(C([2H])([2H])CCC[P@](=O)(CC(=O)N2C[C@H](C3CCCCC3)C[C@H]2C(=O)O)O[C@H](OC(=O)CC)C(C)C)c([2H])c1[2H]. The molecule has 2 aliphatic rings. The topological polar surface area (TPSA) is 110 Å². The average molecular weight is 571 g/mol.